The van der Waals surface area contributed by atoms with Gasteiger partial charge in [-0.25, -0.2) is 0 Å². The Kier molecular flexibility index (Phi) is 7.47. The molecule has 2 rings (SSSR count). The molecule has 3 heteroatoms. The molecule has 0 saturated heterocycles. The molecule has 0 aliphatic rings. The van der Waals surface area contributed by atoms with E-state index >= 15 is 0 Å². The number of alkyl halides is 1. The molecule has 2 aromatic rings. The third-order valence-corrected chi connectivity index (χ3v) is 5.37. The fourth-order valence-corrected chi connectivity index (χ4v) is 3.56. The summed E-state index contributed by atoms with van der Waals surface area (Å²) in [6, 6.07) is 14.0. The number of allylic oxidation sites excluding steroid dienone is 1. The Hall–Kier alpha value is -2.06. The number of hydrogen-bond donors (Lipinski definition) is 0. The highest BCUT2D eigenvalue weighted by Gasteiger charge is 2.17. The van der Waals surface area contributed by atoms with Crippen LogP contribution in [0.4, 0.5) is 0 Å². The molecule has 26 heavy (non-hydrogen) atoms. The van der Waals surface area contributed by atoms with Gasteiger partial charge >= 0.3 is 0 Å². The van der Waals surface area contributed by atoms with Gasteiger partial charge < -0.3 is 4.90 Å². The van der Waals surface area contributed by atoms with Gasteiger partial charge in [0.25, 0.3) is 5.91 Å². The summed E-state index contributed by atoms with van der Waals surface area (Å²) >= 11 is 6.78. The van der Waals surface area contributed by atoms with Crippen LogP contribution < -0.4 is 0 Å². The lowest BCUT2D eigenvalue weighted by atomic mass is 9.94. The highest BCUT2D eigenvalue weighted by molar-refractivity contribution is 6.22. The maximum absolute atomic E-state index is 12.4. The van der Waals surface area contributed by atoms with E-state index in [-0.39, 0.29) is 11.3 Å². The van der Waals surface area contributed by atoms with E-state index in [4.69, 9.17) is 11.6 Å². The van der Waals surface area contributed by atoms with Crippen LogP contribution in [0.25, 0.3) is 0 Å². The minimum absolute atomic E-state index is 0.0651. The maximum atomic E-state index is 12.4. The lowest BCUT2D eigenvalue weighted by Gasteiger charge is -2.19. The third kappa shape index (κ3) is 4.56. The van der Waals surface area contributed by atoms with Gasteiger partial charge in [0.15, 0.2) is 0 Å². The van der Waals surface area contributed by atoms with Crippen molar-refractivity contribution in [2.45, 2.75) is 39.0 Å². The summed E-state index contributed by atoms with van der Waals surface area (Å²) in [5, 5.41) is -0.226. The van der Waals surface area contributed by atoms with E-state index in [0.717, 1.165) is 24.0 Å². The van der Waals surface area contributed by atoms with E-state index in [1.165, 1.54) is 11.1 Å². The third-order valence-electron chi connectivity index (χ3n) is 4.88. The highest BCUT2D eigenvalue weighted by Crippen LogP contribution is 2.32. The Morgan fingerprint density at radius 2 is 1.81 bits per heavy atom. The van der Waals surface area contributed by atoms with Gasteiger partial charge in [-0.05, 0) is 68.0 Å². The first-order valence-electron chi connectivity index (χ1n) is 9.26. The zero-order valence-electron chi connectivity index (χ0n) is 16.0. The normalized spacial score (nSPS) is 11.8. The first kappa shape index (κ1) is 20.3. The molecule has 0 aliphatic heterocycles. The number of rotatable bonds is 8. The molecule has 1 amide bonds. The molecule has 0 spiro atoms. The quantitative estimate of drug-likeness (QED) is 0.417. The van der Waals surface area contributed by atoms with Crippen molar-refractivity contribution in [3.05, 3.63) is 82.9 Å². The van der Waals surface area contributed by atoms with E-state index in [0.29, 0.717) is 18.7 Å². The fraction of sp³-hybridized carbons (Fsp3) is 0.348. The van der Waals surface area contributed by atoms with E-state index in [1.54, 1.807) is 0 Å². The summed E-state index contributed by atoms with van der Waals surface area (Å²) < 4.78 is 0. The van der Waals surface area contributed by atoms with E-state index < -0.39 is 0 Å². The number of nitrogens with zero attached hydrogens (tertiary/aromatic N) is 1. The maximum Gasteiger partial charge on any atom is 0.253 e. The van der Waals surface area contributed by atoms with Crippen molar-refractivity contribution in [1.82, 2.24) is 4.90 Å². The number of carbonyl (C=O) groups is 1. The minimum Gasteiger partial charge on any atom is -0.339 e. The van der Waals surface area contributed by atoms with Crippen LogP contribution in [0.1, 0.15) is 58.3 Å². The molecule has 0 aromatic heterocycles. The second-order valence-electron chi connectivity index (χ2n) is 6.42. The average Bonchev–Trinajstić information content (AvgIpc) is 2.67. The van der Waals surface area contributed by atoms with Crippen molar-refractivity contribution in [2.75, 3.05) is 13.1 Å². The molecule has 0 saturated carbocycles. The lowest BCUT2D eigenvalue weighted by Crippen LogP contribution is -2.30. The Morgan fingerprint density at radius 3 is 2.38 bits per heavy atom. The topological polar surface area (TPSA) is 20.3 Å². The summed E-state index contributed by atoms with van der Waals surface area (Å²) in [5.74, 6) is 0.0651. The minimum atomic E-state index is -0.226. The predicted octanol–water partition coefficient (Wildman–Crippen LogP) is 5.92. The van der Waals surface area contributed by atoms with Crippen molar-refractivity contribution in [3.63, 3.8) is 0 Å². The molecular weight excluding hydrogens is 342 g/mol. The predicted molar refractivity (Wildman–Crippen MR) is 111 cm³/mol. The average molecular weight is 370 g/mol. The number of aryl methyl sites for hydroxylation is 1. The van der Waals surface area contributed by atoms with Crippen molar-refractivity contribution >= 4 is 17.5 Å². The Morgan fingerprint density at radius 1 is 1.15 bits per heavy atom. The molecule has 2 aromatic carbocycles. The molecule has 0 aliphatic carbocycles. The number of halogens is 1. The Balaban J connectivity index is 2.24. The molecule has 0 heterocycles. The van der Waals surface area contributed by atoms with Crippen molar-refractivity contribution in [2.24, 2.45) is 0 Å². The largest absolute Gasteiger partial charge is 0.339 e. The molecule has 0 N–H and O–H groups in total. The summed E-state index contributed by atoms with van der Waals surface area (Å²) in [4.78, 5) is 14.3. The van der Waals surface area contributed by atoms with Crippen molar-refractivity contribution < 1.29 is 4.79 Å². The Bertz CT molecular complexity index is 747. The first-order valence-corrected chi connectivity index (χ1v) is 9.69. The first-order chi connectivity index (χ1) is 12.5. The van der Waals surface area contributed by atoms with Crippen LogP contribution in [0.3, 0.4) is 0 Å². The smallest absolute Gasteiger partial charge is 0.253 e. The van der Waals surface area contributed by atoms with Crippen LogP contribution in [-0.4, -0.2) is 23.9 Å². The second-order valence-corrected chi connectivity index (χ2v) is 6.86. The van der Waals surface area contributed by atoms with Crippen LogP contribution in [0.2, 0.25) is 0 Å². The van der Waals surface area contributed by atoms with Crippen LogP contribution in [0, 0.1) is 6.92 Å². The zero-order valence-corrected chi connectivity index (χ0v) is 16.7. The SMILES string of the molecule is C=CCCc1cccc(C(Cl)c2ccc(C(=O)N(CC)CC)cc2)c1C. The zero-order chi connectivity index (χ0) is 19.1. The van der Waals surface area contributed by atoms with Crippen LogP contribution in [-0.2, 0) is 6.42 Å². The number of hydrogen-bond acceptors (Lipinski definition) is 1. The lowest BCUT2D eigenvalue weighted by molar-refractivity contribution is 0.0773. The van der Waals surface area contributed by atoms with Gasteiger partial charge in [-0.15, -0.1) is 18.2 Å². The van der Waals surface area contributed by atoms with Gasteiger partial charge in [0.2, 0.25) is 0 Å². The molecule has 0 fully saturated rings. The standard InChI is InChI=1S/C23H28ClNO/c1-5-8-10-18-11-9-12-21(17(18)4)22(24)19-13-15-20(16-14-19)23(26)25(6-2)7-3/h5,9,11-16,22H,1,6-8,10H2,2-4H3. The number of benzene rings is 2. The Labute approximate surface area is 162 Å². The highest BCUT2D eigenvalue weighted by atomic mass is 35.5. The van der Waals surface area contributed by atoms with Gasteiger partial charge in [-0.2, -0.15) is 0 Å². The van der Waals surface area contributed by atoms with Gasteiger partial charge in [-0.1, -0.05) is 36.4 Å². The molecule has 1 atom stereocenters. The molecule has 1 unspecified atom stereocenters. The molecular formula is C23H28ClNO. The van der Waals surface area contributed by atoms with Gasteiger partial charge in [0.1, 0.15) is 0 Å². The molecule has 0 bridgehead atoms. The molecule has 2 nitrogen and oxygen atoms in total. The monoisotopic (exact) mass is 369 g/mol. The number of amides is 1. The van der Waals surface area contributed by atoms with E-state index in [2.05, 4.69) is 31.7 Å². The van der Waals surface area contributed by atoms with E-state index in [1.807, 2.05) is 49.1 Å². The summed E-state index contributed by atoms with van der Waals surface area (Å²) in [6.07, 6.45) is 3.87. The summed E-state index contributed by atoms with van der Waals surface area (Å²) in [7, 11) is 0. The molecule has 138 valence electrons. The van der Waals surface area contributed by atoms with Gasteiger partial charge in [-0.3, -0.25) is 4.79 Å². The van der Waals surface area contributed by atoms with Gasteiger partial charge in [0, 0.05) is 18.7 Å². The number of carbonyl (C=O) groups excluding carboxylic acids is 1. The van der Waals surface area contributed by atoms with E-state index in [9.17, 15) is 4.79 Å². The molecule has 0 radical (unpaired) electrons. The fourth-order valence-electron chi connectivity index (χ4n) is 3.17. The van der Waals surface area contributed by atoms with Crippen LogP contribution >= 0.6 is 11.6 Å². The van der Waals surface area contributed by atoms with Gasteiger partial charge in [0.05, 0.1) is 5.38 Å². The summed E-state index contributed by atoms with van der Waals surface area (Å²) in [5.41, 5.74) is 5.37. The summed E-state index contributed by atoms with van der Waals surface area (Å²) in [6.45, 7) is 11.3. The van der Waals surface area contributed by atoms with Crippen LogP contribution in [0.5, 0.6) is 0 Å². The van der Waals surface area contributed by atoms with Crippen molar-refractivity contribution in [3.8, 4) is 0 Å². The second kappa shape index (κ2) is 9.59. The van der Waals surface area contributed by atoms with Crippen molar-refractivity contribution in [1.29, 1.82) is 0 Å². The van der Waals surface area contributed by atoms with Crippen LogP contribution in [0.15, 0.2) is 55.1 Å².